The van der Waals surface area contributed by atoms with Crippen LogP contribution in [0.5, 0.6) is 11.5 Å². The topological polar surface area (TPSA) is 111 Å². The minimum Gasteiger partial charge on any atom is -0.493 e. The summed E-state index contributed by atoms with van der Waals surface area (Å²) < 4.78 is 11.0. The van der Waals surface area contributed by atoms with Gasteiger partial charge in [-0.05, 0) is 49.6 Å². The highest BCUT2D eigenvalue weighted by atomic mass is 35.5. The summed E-state index contributed by atoms with van der Waals surface area (Å²) in [5.74, 6) is 0.0671. The van der Waals surface area contributed by atoms with Crippen molar-refractivity contribution in [3.8, 4) is 11.5 Å². The van der Waals surface area contributed by atoms with Gasteiger partial charge >= 0.3 is 0 Å². The number of fused-ring (bicyclic) bond motifs is 1. The zero-order valence-corrected chi connectivity index (χ0v) is 19.3. The third kappa shape index (κ3) is 4.97. The first-order chi connectivity index (χ1) is 15.8. The van der Waals surface area contributed by atoms with Crippen molar-refractivity contribution in [2.45, 2.75) is 46.2 Å². The average molecular weight is 488 g/mol. The van der Waals surface area contributed by atoms with Crippen molar-refractivity contribution in [2.24, 2.45) is 11.7 Å². The van der Waals surface area contributed by atoms with Gasteiger partial charge in [0.2, 0.25) is 11.8 Å². The third-order valence-corrected chi connectivity index (χ3v) is 6.26. The molecule has 4 rings (SSSR count). The predicted molar refractivity (Wildman–Crippen MR) is 130 cm³/mol. The lowest BCUT2D eigenvalue weighted by Gasteiger charge is -2.28. The van der Waals surface area contributed by atoms with E-state index in [0.717, 1.165) is 12.8 Å². The molecule has 2 aromatic carbocycles. The van der Waals surface area contributed by atoms with Crippen molar-refractivity contribution in [3.63, 3.8) is 0 Å². The Hall–Kier alpha value is -3.26. The molecule has 3 amide bonds. The number of ether oxygens (including phenoxy) is 2. The fraction of sp³-hybridized carbons (Fsp3) is 0.400. The zero-order valence-electron chi connectivity index (χ0n) is 18.5. The van der Waals surface area contributed by atoms with E-state index in [1.54, 1.807) is 42.3 Å². The highest BCUT2D eigenvalue weighted by Gasteiger charge is 2.39. The van der Waals surface area contributed by atoms with E-state index in [1.165, 1.54) is 0 Å². The van der Waals surface area contributed by atoms with E-state index in [9.17, 15) is 14.4 Å². The van der Waals surface area contributed by atoms with Crippen LogP contribution in [0.15, 0.2) is 30.3 Å². The number of rotatable bonds is 9. The number of nitrogens with two attached hydrogens (primary N) is 1. The molecule has 2 aromatic rings. The molecule has 2 aliphatic rings. The van der Waals surface area contributed by atoms with E-state index in [4.69, 9.17) is 26.8 Å². The summed E-state index contributed by atoms with van der Waals surface area (Å²) in [6.07, 6.45) is 1.61. The van der Waals surface area contributed by atoms with Crippen LogP contribution in [0.4, 0.5) is 5.69 Å². The van der Waals surface area contributed by atoms with E-state index in [1.807, 2.05) is 6.92 Å². The molecule has 182 valence electrons. The summed E-state index contributed by atoms with van der Waals surface area (Å²) in [7, 11) is 1.54. The Bertz CT molecular complexity index is 1120. The molecule has 1 atom stereocenters. The van der Waals surface area contributed by atoms with Gasteiger partial charge in [-0.1, -0.05) is 25.1 Å². The van der Waals surface area contributed by atoms with Crippen LogP contribution >= 0.6 is 11.6 Å². The van der Waals surface area contributed by atoms with Crippen LogP contribution in [0.2, 0.25) is 5.02 Å². The lowest BCUT2D eigenvalue weighted by molar-refractivity contribution is -0.119. The van der Waals surface area contributed by atoms with Gasteiger partial charge in [-0.15, -0.1) is 0 Å². The zero-order chi connectivity index (χ0) is 23.7. The summed E-state index contributed by atoms with van der Waals surface area (Å²) in [5.41, 5.74) is 7.63. The van der Waals surface area contributed by atoms with Crippen molar-refractivity contribution in [1.29, 1.82) is 0 Å². The van der Waals surface area contributed by atoms with Crippen molar-refractivity contribution < 1.29 is 23.9 Å². The van der Waals surface area contributed by atoms with Gasteiger partial charge in [-0.3, -0.25) is 14.4 Å². The van der Waals surface area contributed by atoms with Gasteiger partial charge in [0, 0.05) is 23.0 Å². The Morgan fingerprint density at radius 3 is 2.59 bits per heavy atom. The third-order valence-electron chi connectivity index (χ3n) is 5.91. The summed E-state index contributed by atoms with van der Waals surface area (Å²) in [6, 6.07) is 7.94. The SMILES string of the molecule is C.CCOc1cc([C@@H](CC(N)=O)N2Cc3c(Cl)ccc(NC(=O)C4CC4)c3C2=O)ccc1OC. The van der Waals surface area contributed by atoms with E-state index < -0.39 is 11.9 Å². The number of hydrogen-bond donors (Lipinski definition) is 2. The number of anilines is 1. The first-order valence-electron chi connectivity index (χ1n) is 10.9. The Morgan fingerprint density at radius 1 is 1.24 bits per heavy atom. The van der Waals surface area contributed by atoms with Gasteiger partial charge in [-0.2, -0.15) is 0 Å². The minimum absolute atomic E-state index is 0. The number of amides is 3. The van der Waals surface area contributed by atoms with E-state index in [2.05, 4.69) is 5.32 Å². The summed E-state index contributed by atoms with van der Waals surface area (Å²) in [6.45, 7) is 2.47. The number of halogens is 1. The number of primary amides is 1. The second-order valence-corrected chi connectivity index (χ2v) is 8.58. The predicted octanol–water partition coefficient (Wildman–Crippen LogP) is 4.30. The number of hydrogen-bond acceptors (Lipinski definition) is 5. The maximum atomic E-state index is 13.6. The number of methoxy groups -OCH3 is 1. The lowest BCUT2D eigenvalue weighted by atomic mass is 10.0. The maximum Gasteiger partial charge on any atom is 0.257 e. The molecule has 0 aromatic heterocycles. The summed E-state index contributed by atoms with van der Waals surface area (Å²) in [5, 5.41) is 3.29. The second kappa shape index (κ2) is 10.3. The van der Waals surface area contributed by atoms with Gasteiger partial charge in [0.05, 0.1) is 37.4 Å². The molecule has 1 aliphatic carbocycles. The molecule has 0 saturated heterocycles. The molecule has 0 spiro atoms. The van der Waals surface area contributed by atoms with Crippen LogP contribution in [0.1, 0.15) is 61.1 Å². The van der Waals surface area contributed by atoms with Crippen molar-refractivity contribution in [3.05, 3.63) is 52.0 Å². The van der Waals surface area contributed by atoms with Crippen LogP contribution in [0, 0.1) is 5.92 Å². The van der Waals surface area contributed by atoms with Gasteiger partial charge in [0.15, 0.2) is 11.5 Å². The lowest BCUT2D eigenvalue weighted by Crippen LogP contribution is -2.32. The Balaban J connectivity index is 0.00000324. The van der Waals surface area contributed by atoms with Crippen LogP contribution in [-0.4, -0.2) is 36.3 Å². The quantitative estimate of drug-likeness (QED) is 0.547. The first-order valence-corrected chi connectivity index (χ1v) is 11.2. The molecule has 0 bridgehead atoms. The molecule has 0 radical (unpaired) electrons. The smallest absolute Gasteiger partial charge is 0.257 e. The average Bonchev–Trinajstić information content (AvgIpc) is 3.58. The molecule has 3 N–H and O–H groups in total. The van der Waals surface area contributed by atoms with Gasteiger partial charge < -0.3 is 25.4 Å². The van der Waals surface area contributed by atoms with Gasteiger partial charge in [0.1, 0.15) is 0 Å². The Labute approximate surface area is 204 Å². The highest BCUT2D eigenvalue weighted by molar-refractivity contribution is 6.32. The molecule has 9 heteroatoms. The molecule has 1 fully saturated rings. The molecule has 34 heavy (non-hydrogen) atoms. The van der Waals surface area contributed by atoms with Crippen LogP contribution in [-0.2, 0) is 16.1 Å². The second-order valence-electron chi connectivity index (χ2n) is 8.17. The maximum absolute atomic E-state index is 13.6. The van der Waals surface area contributed by atoms with E-state index in [-0.39, 0.29) is 38.1 Å². The van der Waals surface area contributed by atoms with Crippen LogP contribution in [0.25, 0.3) is 0 Å². The highest BCUT2D eigenvalue weighted by Crippen LogP contribution is 2.42. The monoisotopic (exact) mass is 487 g/mol. The Kier molecular flexibility index (Phi) is 7.71. The van der Waals surface area contributed by atoms with Crippen molar-refractivity contribution in [2.75, 3.05) is 19.0 Å². The standard InChI is InChI=1S/C24H26ClN3O5.CH4/c1-3-33-20-10-14(6-9-19(20)32-2)18(11-21(26)29)28-12-15-16(25)7-8-17(22(15)24(28)31)27-23(30)13-4-5-13;/h6-10,13,18H,3-5,11-12H2,1-2H3,(H2,26,29)(H,27,30);1H4/t18-;/m1./s1. The number of nitrogens with zero attached hydrogens (tertiary/aromatic N) is 1. The summed E-state index contributed by atoms with van der Waals surface area (Å²) >= 11 is 6.43. The van der Waals surface area contributed by atoms with Gasteiger partial charge in [-0.25, -0.2) is 0 Å². The number of nitrogens with one attached hydrogen (secondary N) is 1. The fourth-order valence-corrected chi connectivity index (χ4v) is 4.33. The molecule has 1 aliphatic heterocycles. The largest absolute Gasteiger partial charge is 0.493 e. The summed E-state index contributed by atoms with van der Waals surface area (Å²) in [4.78, 5) is 39.4. The van der Waals surface area contributed by atoms with E-state index in [0.29, 0.717) is 45.5 Å². The van der Waals surface area contributed by atoms with Crippen LogP contribution < -0.4 is 20.5 Å². The van der Waals surface area contributed by atoms with Crippen molar-refractivity contribution >= 4 is 35.0 Å². The fourth-order valence-electron chi connectivity index (χ4n) is 4.11. The molecular formula is C25H30ClN3O5. The number of carbonyl (C=O) groups is 3. The Morgan fingerprint density at radius 2 is 1.97 bits per heavy atom. The normalized spacial score (nSPS) is 15.3. The first kappa shape index (κ1) is 25.4. The molecule has 8 nitrogen and oxygen atoms in total. The number of benzene rings is 2. The molecule has 0 unspecified atom stereocenters. The van der Waals surface area contributed by atoms with E-state index >= 15 is 0 Å². The van der Waals surface area contributed by atoms with Crippen LogP contribution in [0.3, 0.4) is 0 Å². The molecule has 1 heterocycles. The minimum atomic E-state index is -0.643. The number of carbonyl (C=O) groups excluding carboxylic acids is 3. The molecule has 1 saturated carbocycles. The van der Waals surface area contributed by atoms with Crippen molar-refractivity contribution in [1.82, 2.24) is 4.90 Å². The molecular weight excluding hydrogens is 458 g/mol. The van der Waals surface area contributed by atoms with Gasteiger partial charge in [0.25, 0.3) is 5.91 Å².